The van der Waals surface area contributed by atoms with E-state index in [-0.39, 0.29) is 25.7 Å². The van der Waals surface area contributed by atoms with Crippen LogP contribution in [0, 0.1) is 23.7 Å². The molecule has 6 atom stereocenters. The van der Waals surface area contributed by atoms with Crippen LogP contribution in [0.5, 0.6) is 0 Å². The van der Waals surface area contributed by atoms with Crippen LogP contribution in [0.25, 0.3) is 0 Å². The van der Waals surface area contributed by atoms with Gasteiger partial charge in [-0.05, 0) is 49.4 Å². The van der Waals surface area contributed by atoms with Gasteiger partial charge in [0, 0.05) is 25.7 Å². The Bertz CT molecular complexity index is 1870. The number of hydrogen-bond donors (Lipinski definition) is 3. The maximum atomic E-state index is 13.1. The standard InChI is InChI=1S/C76H148O17P2/c1-9-69(8)55-47-39-34-35-41-49-57-74(79)87-63-72(93-75(80)58-50-42-31-25-21-17-15-13-11-10-12-14-16-19-23-28-36-44-52-66(2)3)65-91-95(84,85)89-61-70(77)60-88-94(82,83)90-64-71(62-86-73(78)56-48-40-33-27-30-38-46-54-68(6)7)92-76(81)59-51-43-32-26-22-18-20-24-29-37-45-53-67(4)5/h66-72,77H,9-65H2,1-8H3,(H,82,83)(H,84,85)/t69?,70-,71-,72-/m1/s1. The van der Waals surface area contributed by atoms with Gasteiger partial charge in [-0.2, -0.15) is 0 Å². The minimum Gasteiger partial charge on any atom is -0.462 e. The number of carbonyl (C=O) groups excluding carboxylic acids is 4. The van der Waals surface area contributed by atoms with Gasteiger partial charge in [0.25, 0.3) is 0 Å². The summed E-state index contributed by atoms with van der Waals surface area (Å²) in [6.07, 6.45) is 50.2. The molecule has 3 N–H and O–H groups in total. The van der Waals surface area contributed by atoms with Gasteiger partial charge >= 0.3 is 39.5 Å². The van der Waals surface area contributed by atoms with E-state index in [9.17, 15) is 43.2 Å². The highest BCUT2D eigenvalue weighted by molar-refractivity contribution is 7.47. The van der Waals surface area contributed by atoms with E-state index in [0.717, 1.165) is 120 Å². The second kappa shape index (κ2) is 65.4. The first-order valence-corrected chi connectivity index (χ1v) is 42.2. The first-order chi connectivity index (χ1) is 45.6. The lowest BCUT2D eigenvalue weighted by molar-refractivity contribution is -0.161. The third-order valence-electron chi connectivity index (χ3n) is 17.9. The Morgan fingerprint density at radius 1 is 0.295 bits per heavy atom. The molecule has 17 nitrogen and oxygen atoms in total. The monoisotopic (exact) mass is 1400 g/mol. The lowest BCUT2D eigenvalue weighted by atomic mass is 10.00. The number of phosphoric ester groups is 2. The molecule has 0 aromatic carbocycles. The van der Waals surface area contributed by atoms with Crippen molar-refractivity contribution in [3.63, 3.8) is 0 Å². The summed E-state index contributed by atoms with van der Waals surface area (Å²) in [4.78, 5) is 72.7. The Labute approximate surface area is 581 Å². The van der Waals surface area contributed by atoms with Crippen LogP contribution in [-0.2, 0) is 65.4 Å². The topological polar surface area (TPSA) is 237 Å². The van der Waals surface area contributed by atoms with E-state index >= 15 is 0 Å². The van der Waals surface area contributed by atoms with Crippen LogP contribution in [-0.4, -0.2) is 96.7 Å². The fourth-order valence-corrected chi connectivity index (χ4v) is 13.1. The summed E-state index contributed by atoms with van der Waals surface area (Å²) in [7, 11) is -9.91. The van der Waals surface area contributed by atoms with Crippen molar-refractivity contribution >= 4 is 39.5 Å². The third kappa shape index (κ3) is 69.0. The van der Waals surface area contributed by atoms with Gasteiger partial charge in [-0.3, -0.25) is 37.3 Å². The minimum atomic E-state index is -4.96. The van der Waals surface area contributed by atoms with E-state index in [1.54, 1.807) is 0 Å². The van der Waals surface area contributed by atoms with E-state index in [0.29, 0.717) is 31.6 Å². The Morgan fingerprint density at radius 3 is 0.747 bits per heavy atom. The number of aliphatic hydroxyl groups is 1. The van der Waals surface area contributed by atoms with Crippen molar-refractivity contribution in [1.29, 1.82) is 0 Å². The summed E-state index contributed by atoms with van der Waals surface area (Å²) < 4.78 is 68.5. The number of unbranched alkanes of at least 4 members (excludes halogenated alkanes) is 38. The largest absolute Gasteiger partial charge is 0.472 e. The SMILES string of the molecule is CCC(C)CCCCCCCCC(=O)OC[C@H](COP(=O)(O)OC[C@H](O)COP(=O)(O)OC[C@@H](COC(=O)CCCCCCCCCC(C)C)OC(=O)CCCCCCCCCCCCCC(C)C)OC(=O)CCCCCCCCCCCCCCCCCCCCC(C)C. The molecule has 0 saturated heterocycles. The molecule has 0 radical (unpaired) electrons. The molecule has 0 rings (SSSR count). The molecule has 0 aromatic heterocycles. The summed E-state index contributed by atoms with van der Waals surface area (Å²) in [6, 6.07) is 0. The van der Waals surface area contributed by atoms with E-state index in [2.05, 4.69) is 55.4 Å². The van der Waals surface area contributed by atoms with Crippen molar-refractivity contribution < 1.29 is 80.2 Å². The average molecular weight is 1400 g/mol. The third-order valence-corrected chi connectivity index (χ3v) is 19.8. The Kier molecular flexibility index (Phi) is 64.0. The highest BCUT2D eigenvalue weighted by atomic mass is 31.2. The van der Waals surface area contributed by atoms with Gasteiger partial charge in [-0.15, -0.1) is 0 Å². The summed E-state index contributed by atoms with van der Waals surface area (Å²) in [5.74, 6) is 0.898. The molecular formula is C76H148O17P2. The first kappa shape index (κ1) is 93.1. The predicted molar refractivity (Wildman–Crippen MR) is 386 cm³/mol. The smallest absolute Gasteiger partial charge is 0.462 e. The molecule has 0 amide bonds. The number of ether oxygens (including phenoxy) is 4. The molecule has 19 heteroatoms. The van der Waals surface area contributed by atoms with E-state index in [4.69, 9.17) is 37.0 Å². The maximum Gasteiger partial charge on any atom is 0.472 e. The lowest BCUT2D eigenvalue weighted by Gasteiger charge is -2.21. The molecule has 3 unspecified atom stereocenters. The molecular weight excluding hydrogens is 1250 g/mol. The molecule has 0 aliphatic rings. The number of aliphatic hydroxyl groups excluding tert-OH is 1. The van der Waals surface area contributed by atoms with Crippen LogP contribution in [0.2, 0.25) is 0 Å². The van der Waals surface area contributed by atoms with Crippen molar-refractivity contribution in [2.75, 3.05) is 39.6 Å². The van der Waals surface area contributed by atoms with Gasteiger partial charge < -0.3 is 33.8 Å². The van der Waals surface area contributed by atoms with Crippen LogP contribution >= 0.6 is 15.6 Å². The van der Waals surface area contributed by atoms with Gasteiger partial charge in [0.2, 0.25) is 0 Å². The van der Waals surface area contributed by atoms with Crippen LogP contribution in [0.1, 0.15) is 383 Å². The fraction of sp³-hybridized carbons (Fsp3) is 0.947. The number of phosphoric acid groups is 2. The zero-order valence-electron chi connectivity index (χ0n) is 62.3. The number of rotatable bonds is 73. The van der Waals surface area contributed by atoms with E-state index in [1.807, 2.05) is 0 Å². The van der Waals surface area contributed by atoms with Gasteiger partial charge in [0.15, 0.2) is 12.2 Å². The van der Waals surface area contributed by atoms with Gasteiger partial charge in [0.05, 0.1) is 26.4 Å². The maximum absolute atomic E-state index is 13.1. The van der Waals surface area contributed by atoms with E-state index < -0.39 is 97.5 Å². The molecule has 564 valence electrons. The molecule has 0 saturated carbocycles. The summed E-state index contributed by atoms with van der Waals surface area (Å²) >= 11 is 0. The number of carbonyl (C=O) groups is 4. The van der Waals surface area contributed by atoms with Crippen molar-refractivity contribution in [2.45, 2.75) is 401 Å². The van der Waals surface area contributed by atoms with Gasteiger partial charge in [0.1, 0.15) is 19.3 Å². The first-order valence-electron chi connectivity index (χ1n) is 39.2. The van der Waals surface area contributed by atoms with Gasteiger partial charge in [-0.1, -0.05) is 331 Å². The molecule has 0 aliphatic heterocycles. The molecule has 95 heavy (non-hydrogen) atoms. The Hall–Kier alpha value is -1.94. The van der Waals surface area contributed by atoms with E-state index in [1.165, 1.54) is 173 Å². The van der Waals surface area contributed by atoms with Crippen molar-refractivity contribution in [3.8, 4) is 0 Å². The predicted octanol–water partition coefficient (Wildman–Crippen LogP) is 22.0. The molecule has 0 spiro atoms. The second-order valence-electron chi connectivity index (χ2n) is 29.1. The normalized spacial score (nSPS) is 14.4. The molecule has 0 fully saturated rings. The molecule has 0 aliphatic carbocycles. The van der Waals surface area contributed by atoms with Crippen molar-refractivity contribution in [1.82, 2.24) is 0 Å². The summed E-state index contributed by atoms with van der Waals surface area (Å²) in [5, 5.41) is 10.6. The average Bonchev–Trinajstić information content (AvgIpc) is 3.62. The summed E-state index contributed by atoms with van der Waals surface area (Å²) in [5.41, 5.74) is 0. The minimum absolute atomic E-state index is 0.105. The van der Waals surface area contributed by atoms with Crippen LogP contribution < -0.4 is 0 Å². The highest BCUT2D eigenvalue weighted by Gasteiger charge is 2.30. The quantitative estimate of drug-likeness (QED) is 0.0222. The molecule has 0 heterocycles. The number of hydrogen-bond acceptors (Lipinski definition) is 15. The van der Waals surface area contributed by atoms with Crippen LogP contribution in [0.3, 0.4) is 0 Å². The lowest BCUT2D eigenvalue weighted by Crippen LogP contribution is -2.30. The highest BCUT2D eigenvalue weighted by Crippen LogP contribution is 2.45. The Morgan fingerprint density at radius 2 is 0.505 bits per heavy atom. The molecule has 0 bridgehead atoms. The zero-order valence-corrected chi connectivity index (χ0v) is 64.1. The summed E-state index contributed by atoms with van der Waals surface area (Å²) in [6.45, 7) is 14.1. The van der Waals surface area contributed by atoms with Crippen molar-refractivity contribution in [2.24, 2.45) is 23.7 Å². The Balaban J connectivity index is 5.18. The second-order valence-corrected chi connectivity index (χ2v) is 32.0. The number of esters is 4. The zero-order chi connectivity index (χ0) is 70.3. The molecule has 0 aromatic rings. The fourth-order valence-electron chi connectivity index (χ4n) is 11.5. The van der Waals surface area contributed by atoms with Crippen LogP contribution in [0.4, 0.5) is 0 Å². The van der Waals surface area contributed by atoms with Crippen molar-refractivity contribution in [3.05, 3.63) is 0 Å². The van der Waals surface area contributed by atoms with Crippen LogP contribution in [0.15, 0.2) is 0 Å². The van der Waals surface area contributed by atoms with Gasteiger partial charge in [-0.25, -0.2) is 9.13 Å².